The maximum absolute atomic E-state index is 12.8. The topological polar surface area (TPSA) is 46.6 Å². The number of carbonyl (C=O) groups excluding carboxylic acids is 2. The fourth-order valence-electron chi connectivity index (χ4n) is 2.88. The fraction of sp³-hybridized carbons (Fsp3) is 0.273. The van der Waals surface area contributed by atoms with Gasteiger partial charge in [-0.25, -0.2) is 4.79 Å². The van der Waals surface area contributed by atoms with E-state index in [4.69, 9.17) is 16.3 Å². The van der Waals surface area contributed by atoms with Crippen molar-refractivity contribution in [3.05, 3.63) is 70.1 Å². The SMILES string of the molecule is CC(C)(C)N(Cc1ccccc1)C(=O)COC(=O)c1sc2ccccc2c1Cl. The molecule has 0 aliphatic heterocycles. The number of rotatable bonds is 5. The highest BCUT2D eigenvalue weighted by atomic mass is 35.5. The molecule has 1 aromatic heterocycles. The Balaban J connectivity index is 1.71. The van der Waals surface area contributed by atoms with Crippen molar-refractivity contribution in [2.24, 2.45) is 0 Å². The Labute approximate surface area is 173 Å². The van der Waals surface area contributed by atoms with Crippen molar-refractivity contribution in [2.45, 2.75) is 32.9 Å². The van der Waals surface area contributed by atoms with E-state index in [1.54, 1.807) is 4.90 Å². The minimum Gasteiger partial charge on any atom is -0.451 e. The number of thiophene rings is 1. The monoisotopic (exact) mass is 415 g/mol. The molecule has 1 amide bonds. The van der Waals surface area contributed by atoms with Crippen molar-refractivity contribution >= 4 is 44.9 Å². The summed E-state index contributed by atoms with van der Waals surface area (Å²) in [5.74, 6) is -0.824. The lowest BCUT2D eigenvalue weighted by atomic mass is 10.0. The fourth-order valence-corrected chi connectivity index (χ4v) is 4.28. The molecule has 0 aliphatic carbocycles. The molecule has 0 spiro atoms. The smallest absolute Gasteiger partial charge is 0.350 e. The average molecular weight is 416 g/mol. The van der Waals surface area contributed by atoms with Crippen LogP contribution in [-0.2, 0) is 16.1 Å². The maximum atomic E-state index is 12.8. The number of esters is 1. The van der Waals surface area contributed by atoms with E-state index in [1.165, 1.54) is 11.3 Å². The molecule has 0 atom stereocenters. The number of nitrogens with zero attached hydrogens (tertiary/aromatic N) is 1. The van der Waals surface area contributed by atoms with Crippen molar-refractivity contribution in [1.82, 2.24) is 4.90 Å². The number of benzene rings is 2. The Hall–Kier alpha value is -2.37. The van der Waals surface area contributed by atoms with Crippen LogP contribution in [0.3, 0.4) is 0 Å². The molecule has 2 aromatic carbocycles. The zero-order chi connectivity index (χ0) is 20.3. The second-order valence-corrected chi connectivity index (χ2v) is 8.88. The van der Waals surface area contributed by atoms with E-state index in [0.717, 1.165) is 15.6 Å². The third-order valence-corrected chi connectivity index (χ3v) is 6.00. The van der Waals surface area contributed by atoms with E-state index in [1.807, 2.05) is 75.4 Å². The molecule has 3 aromatic rings. The lowest BCUT2D eigenvalue weighted by Crippen LogP contribution is -2.46. The molecule has 0 aliphatic rings. The molecule has 0 unspecified atom stereocenters. The van der Waals surface area contributed by atoms with Crippen molar-refractivity contribution in [3.63, 3.8) is 0 Å². The summed E-state index contributed by atoms with van der Waals surface area (Å²) in [6, 6.07) is 17.2. The Kier molecular flexibility index (Phi) is 6.06. The second kappa shape index (κ2) is 8.33. The van der Waals surface area contributed by atoms with Gasteiger partial charge in [0.1, 0.15) is 4.88 Å². The summed E-state index contributed by atoms with van der Waals surface area (Å²) < 4.78 is 6.22. The maximum Gasteiger partial charge on any atom is 0.350 e. The standard InChI is InChI=1S/C22H22ClNO3S/c1-22(2,3)24(13-15-9-5-4-6-10-15)18(25)14-27-21(26)20-19(23)16-11-7-8-12-17(16)28-20/h4-12H,13-14H2,1-3H3. The molecule has 28 heavy (non-hydrogen) atoms. The van der Waals surface area contributed by atoms with E-state index >= 15 is 0 Å². The van der Waals surface area contributed by atoms with Crippen molar-refractivity contribution in [3.8, 4) is 0 Å². The quantitative estimate of drug-likeness (QED) is 0.514. The van der Waals surface area contributed by atoms with Gasteiger partial charge in [0.15, 0.2) is 6.61 Å². The van der Waals surface area contributed by atoms with Crippen LogP contribution in [0.2, 0.25) is 5.02 Å². The average Bonchev–Trinajstić information content (AvgIpc) is 3.01. The summed E-state index contributed by atoms with van der Waals surface area (Å²) in [5, 5.41) is 1.18. The van der Waals surface area contributed by atoms with Gasteiger partial charge in [0.05, 0.1) is 5.02 Å². The number of carbonyl (C=O) groups is 2. The highest BCUT2D eigenvalue weighted by molar-refractivity contribution is 7.21. The van der Waals surface area contributed by atoms with Crippen LogP contribution in [-0.4, -0.2) is 28.9 Å². The van der Waals surface area contributed by atoms with E-state index < -0.39 is 11.5 Å². The van der Waals surface area contributed by atoms with Gasteiger partial charge in [-0.3, -0.25) is 4.79 Å². The summed E-state index contributed by atoms with van der Waals surface area (Å²) in [5.41, 5.74) is 0.610. The van der Waals surface area contributed by atoms with Gasteiger partial charge < -0.3 is 9.64 Å². The Morgan fingerprint density at radius 3 is 2.32 bits per heavy atom. The zero-order valence-corrected chi connectivity index (χ0v) is 17.6. The number of halogens is 1. The molecule has 4 nitrogen and oxygen atoms in total. The first-order valence-corrected chi connectivity index (χ1v) is 10.2. The van der Waals surface area contributed by atoms with Crippen molar-refractivity contribution < 1.29 is 14.3 Å². The van der Waals surface area contributed by atoms with Gasteiger partial charge in [0.2, 0.25) is 0 Å². The molecule has 0 N–H and O–H groups in total. The predicted octanol–water partition coefficient (Wildman–Crippen LogP) is 5.54. The van der Waals surface area contributed by atoms with E-state index in [-0.39, 0.29) is 12.5 Å². The van der Waals surface area contributed by atoms with Crippen molar-refractivity contribution in [1.29, 1.82) is 0 Å². The largest absolute Gasteiger partial charge is 0.451 e. The van der Waals surface area contributed by atoms with Crippen LogP contribution in [0.1, 0.15) is 36.0 Å². The summed E-state index contributed by atoms with van der Waals surface area (Å²) in [6.45, 7) is 5.99. The molecule has 1 heterocycles. The minimum absolute atomic E-state index is 0.248. The first-order valence-electron chi connectivity index (χ1n) is 8.96. The van der Waals surface area contributed by atoms with Crippen LogP contribution in [0, 0.1) is 0 Å². The van der Waals surface area contributed by atoms with Crippen molar-refractivity contribution in [2.75, 3.05) is 6.61 Å². The number of ether oxygens (including phenoxy) is 1. The van der Waals surface area contributed by atoms with Gasteiger partial charge in [-0.1, -0.05) is 60.1 Å². The van der Waals surface area contributed by atoms with Gasteiger partial charge in [0, 0.05) is 22.2 Å². The predicted molar refractivity (Wildman–Crippen MR) is 114 cm³/mol. The lowest BCUT2D eigenvalue weighted by Gasteiger charge is -2.35. The molecule has 146 valence electrons. The number of fused-ring (bicyclic) bond motifs is 1. The van der Waals surface area contributed by atoms with Crippen LogP contribution < -0.4 is 0 Å². The van der Waals surface area contributed by atoms with Crippen LogP contribution in [0.5, 0.6) is 0 Å². The summed E-state index contributed by atoms with van der Waals surface area (Å²) in [6.07, 6.45) is 0. The molecule has 0 saturated heterocycles. The highest BCUT2D eigenvalue weighted by Gasteiger charge is 2.28. The number of hydrogen-bond acceptors (Lipinski definition) is 4. The minimum atomic E-state index is -0.576. The molecule has 0 fully saturated rings. The number of amides is 1. The van der Waals surface area contributed by atoms with Crippen LogP contribution in [0.25, 0.3) is 10.1 Å². The van der Waals surface area contributed by atoms with Gasteiger partial charge in [-0.15, -0.1) is 11.3 Å². The normalized spacial score (nSPS) is 11.4. The Bertz CT molecular complexity index is 992. The van der Waals surface area contributed by atoms with Crippen LogP contribution >= 0.6 is 22.9 Å². The summed E-state index contributed by atoms with van der Waals surface area (Å²) >= 11 is 7.59. The third-order valence-electron chi connectivity index (χ3n) is 4.34. The molecule has 3 rings (SSSR count). The Morgan fingerprint density at radius 2 is 1.68 bits per heavy atom. The van der Waals surface area contributed by atoms with Crippen LogP contribution in [0.15, 0.2) is 54.6 Å². The molecular formula is C22H22ClNO3S. The zero-order valence-electron chi connectivity index (χ0n) is 16.1. The second-order valence-electron chi connectivity index (χ2n) is 7.45. The molecular weight excluding hydrogens is 394 g/mol. The van der Waals surface area contributed by atoms with Crippen LogP contribution in [0.4, 0.5) is 0 Å². The van der Waals surface area contributed by atoms with E-state index in [9.17, 15) is 9.59 Å². The summed E-state index contributed by atoms with van der Waals surface area (Å²) in [7, 11) is 0. The van der Waals surface area contributed by atoms with Gasteiger partial charge in [0.25, 0.3) is 5.91 Å². The summed E-state index contributed by atoms with van der Waals surface area (Å²) in [4.78, 5) is 27.3. The first-order chi connectivity index (χ1) is 13.3. The third kappa shape index (κ3) is 4.54. The van der Waals surface area contributed by atoms with Gasteiger partial charge in [-0.05, 0) is 32.4 Å². The molecule has 6 heteroatoms. The number of hydrogen-bond donors (Lipinski definition) is 0. The molecule has 0 bridgehead atoms. The first kappa shape index (κ1) is 20.4. The lowest BCUT2D eigenvalue weighted by molar-refractivity contribution is -0.140. The van der Waals surface area contributed by atoms with Gasteiger partial charge >= 0.3 is 5.97 Å². The highest BCUT2D eigenvalue weighted by Crippen LogP contribution is 2.35. The Morgan fingerprint density at radius 1 is 1.04 bits per heavy atom. The molecule has 0 radical (unpaired) electrons. The van der Waals surface area contributed by atoms with Gasteiger partial charge in [-0.2, -0.15) is 0 Å². The van der Waals surface area contributed by atoms with E-state index in [2.05, 4.69) is 0 Å². The van der Waals surface area contributed by atoms with E-state index in [0.29, 0.717) is 16.4 Å². The molecule has 0 saturated carbocycles.